The predicted octanol–water partition coefficient (Wildman–Crippen LogP) is 4.14. The highest BCUT2D eigenvalue weighted by Crippen LogP contribution is 2.40. The number of ether oxygens (including phenoxy) is 3. The van der Waals surface area contributed by atoms with Gasteiger partial charge in [0.05, 0.1) is 18.6 Å². The Morgan fingerprint density at radius 2 is 1.97 bits per heavy atom. The zero-order valence-corrected chi connectivity index (χ0v) is 18.0. The number of carbonyl (C=O) groups is 1. The quantitative estimate of drug-likeness (QED) is 0.722. The summed E-state index contributed by atoms with van der Waals surface area (Å²) in [6.45, 7) is 2.42. The zero-order valence-electron chi connectivity index (χ0n) is 18.0. The molecule has 0 saturated carbocycles. The average molecular weight is 428 g/mol. The SMILES string of the molecule is COc1ccc(F)cc1-c1ccccc1CC1(C(=O)NC[C@H]2CCCO2)CCOCC1. The van der Waals surface area contributed by atoms with Crippen molar-refractivity contribution >= 4 is 5.91 Å². The molecule has 166 valence electrons. The van der Waals surface area contributed by atoms with Crippen LogP contribution in [0.2, 0.25) is 0 Å². The van der Waals surface area contributed by atoms with E-state index in [1.807, 2.05) is 24.3 Å². The van der Waals surface area contributed by atoms with E-state index in [4.69, 9.17) is 14.2 Å². The van der Waals surface area contributed by atoms with Gasteiger partial charge in [-0.2, -0.15) is 0 Å². The summed E-state index contributed by atoms with van der Waals surface area (Å²) in [5.74, 6) is 0.339. The first-order valence-electron chi connectivity index (χ1n) is 11.0. The molecule has 2 aliphatic heterocycles. The fraction of sp³-hybridized carbons (Fsp3) is 0.480. The number of hydrogen-bond acceptors (Lipinski definition) is 4. The van der Waals surface area contributed by atoms with Crippen LogP contribution in [0, 0.1) is 11.2 Å². The average Bonchev–Trinajstić information content (AvgIpc) is 3.32. The van der Waals surface area contributed by atoms with Gasteiger partial charge in [0.25, 0.3) is 0 Å². The Kier molecular flexibility index (Phi) is 6.88. The van der Waals surface area contributed by atoms with Crippen LogP contribution >= 0.6 is 0 Å². The molecule has 0 aromatic heterocycles. The Balaban J connectivity index is 1.62. The van der Waals surface area contributed by atoms with Crippen LogP contribution in [0.1, 0.15) is 31.2 Å². The molecule has 2 saturated heterocycles. The van der Waals surface area contributed by atoms with E-state index in [0.717, 1.165) is 30.6 Å². The van der Waals surface area contributed by atoms with Crippen molar-refractivity contribution < 1.29 is 23.4 Å². The number of carbonyl (C=O) groups excluding carboxylic acids is 1. The fourth-order valence-electron chi connectivity index (χ4n) is 4.64. The molecule has 2 aliphatic rings. The van der Waals surface area contributed by atoms with E-state index < -0.39 is 5.41 Å². The highest BCUT2D eigenvalue weighted by atomic mass is 19.1. The minimum Gasteiger partial charge on any atom is -0.496 e. The summed E-state index contributed by atoms with van der Waals surface area (Å²) < 4.78 is 30.8. The second-order valence-electron chi connectivity index (χ2n) is 8.42. The molecule has 1 amide bonds. The van der Waals surface area contributed by atoms with Crippen molar-refractivity contribution in [3.63, 3.8) is 0 Å². The van der Waals surface area contributed by atoms with Crippen molar-refractivity contribution in [2.24, 2.45) is 5.41 Å². The van der Waals surface area contributed by atoms with Gasteiger partial charge in [-0.3, -0.25) is 4.79 Å². The molecule has 2 aromatic carbocycles. The standard InChI is InChI=1S/C25H30FNO4/c1-29-23-9-8-19(26)15-22(23)21-7-3-2-5-18(21)16-25(10-13-30-14-11-25)24(28)27-17-20-6-4-12-31-20/h2-3,5,7-9,15,20H,4,6,10-14,16-17H2,1H3,(H,27,28)/t20-/m1/s1. The molecule has 0 spiro atoms. The van der Waals surface area contributed by atoms with Crippen molar-refractivity contribution in [1.82, 2.24) is 5.32 Å². The lowest BCUT2D eigenvalue weighted by atomic mass is 9.73. The molecule has 5 nitrogen and oxygen atoms in total. The number of hydrogen-bond donors (Lipinski definition) is 1. The van der Waals surface area contributed by atoms with Gasteiger partial charge in [-0.1, -0.05) is 24.3 Å². The number of halogens is 1. The first kappa shape index (κ1) is 21.8. The first-order chi connectivity index (χ1) is 15.1. The van der Waals surface area contributed by atoms with Gasteiger partial charge in [0, 0.05) is 31.9 Å². The molecule has 0 radical (unpaired) electrons. The van der Waals surface area contributed by atoms with Crippen LogP contribution in [0.3, 0.4) is 0 Å². The molecule has 2 fully saturated rings. The molecule has 2 heterocycles. The Bertz CT molecular complexity index is 904. The lowest BCUT2D eigenvalue weighted by Crippen LogP contribution is -2.48. The third kappa shape index (κ3) is 4.91. The van der Waals surface area contributed by atoms with E-state index in [1.165, 1.54) is 12.1 Å². The normalized spacial score (nSPS) is 20.4. The van der Waals surface area contributed by atoms with Gasteiger partial charge in [-0.05, 0) is 61.4 Å². The van der Waals surface area contributed by atoms with Crippen LogP contribution in [-0.4, -0.2) is 45.5 Å². The summed E-state index contributed by atoms with van der Waals surface area (Å²) in [5, 5.41) is 3.14. The van der Waals surface area contributed by atoms with E-state index in [9.17, 15) is 9.18 Å². The summed E-state index contributed by atoms with van der Waals surface area (Å²) in [5.41, 5.74) is 2.02. The van der Waals surface area contributed by atoms with E-state index >= 15 is 0 Å². The van der Waals surface area contributed by atoms with Gasteiger partial charge in [0.2, 0.25) is 5.91 Å². The molecule has 0 unspecified atom stereocenters. The molecule has 0 aliphatic carbocycles. The monoisotopic (exact) mass is 427 g/mol. The highest BCUT2D eigenvalue weighted by Gasteiger charge is 2.41. The lowest BCUT2D eigenvalue weighted by molar-refractivity contribution is -0.137. The molecule has 1 N–H and O–H groups in total. The van der Waals surface area contributed by atoms with Crippen LogP contribution in [0.25, 0.3) is 11.1 Å². The number of amides is 1. The maximum atomic E-state index is 14.1. The van der Waals surface area contributed by atoms with Gasteiger partial charge in [-0.15, -0.1) is 0 Å². The third-order valence-corrected chi connectivity index (χ3v) is 6.44. The minimum absolute atomic E-state index is 0.0484. The molecule has 6 heteroatoms. The van der Waals surface area contributed by atoms with Crippen LogP contribution < -0.4 is 10.1 Å². The van der Waals surface area contributed by atoms with Crippen molar-refractivity contribution in [2.75, 3.05) is 33.5 Å². The summed E-state index contributed by atoms with van der Waals surface area (Å²) in [4.78, 5) is 13.4. The van der Waals surface area contributed by atoms with Gasteiger partial charge < -0.3 is 19.5 Å². The number of nitrogens with one attached hydrogen (secondary N) is 1. The van der Waals surface area contributed by atoms with Crippen LogP contribution in [-0.2, 0) is 20.7 Å². The molecule has 31 heavy (non-hydrogen) atoms. The summed E-state index contributed by atoms with van der Waals surface area (Å²) in [6, 6.07) is 12.4. The molecule has 1 atom stereocenters. The van der Waals surface area contributed by atoms with E-state index in [2.05, 4.69) is 5.32 Å². The van der Waals surface area contributed by atoms with Crippen molar-refractivity contribution in [3.8, 4) is 16.9 Å². The molecule has 2 aromatic rings. The lowest BCUT2D eigenvalue weighted by Gasteiger charge is -2.36. The Labute approximate surface area is 182 Å². The number of benzene rings is 2. The number of methoxy groups -OCH3 is 1. The Morgan fingerprint density at radius 1 is 1.16 bits per heavy atom. The smallest absolute Gasteiger partial charge is 0.226 e. The van der Waals surface area contributed by atoms with Gasteiger partial charge in [-0.25, -0.2) is 4.39 Å². The third-order valence-electron chi connectivity index (χ3n) is 6.44. The molecular formula is C25H30FNO4. The van der Waals surface area contributed by atoms with E-state index in [0.29, 0.717) is 50.3 Å². The maximum Gasteiger partial charge on any atom is 0.226 e. The molecule has 0 bridgehead atoms. The second-order valence-corrected chi connectivity index (χ2v) is 8.42. The van der Waals surface area contributed by atoms with E-state index in [-0.39, 0.29) is 17.8 Å². The molecule has 4 rings (SSSR count). The van der Waals surface area contributed by atoms with Crippen LogP contribution in [0.15, 0.2) is 42.5 Å². The summed E-state index contributed by atoms with van der Waals surface area (Å²) in [6.07, 6.45) is 3.99. The van der Waals surface area contributed by atoms with Gasteiger partial charge in [0.15, 0.2) is 0 Å². The summed E-state index contributed by atoms with van der Waals surface area (Å²) >= 11 is 0. The fourth-order valence-corrected chi connectivity index (χ4v) is 4.64. The van der Waals surface area contributed by atoms with Gasteiger partial charge in [0.1, 0.15) is 11.6 Å². The first-order valence-corrected chi connectivity index (χ1v) is 11.0. The highest BCUT2D eigenvalue weighted by molar-refractivity contribution is 5.84. The number of rotatable bonds is 7. The van der Waals surface area contributed by atoms with Gasteiger partial charge >= 0.3 is 0 Å². The van der Waals surface area contributed by atoms with E-state index in [1.54, 1.807) is 13.2 Å². The van der Waals surface area contributed by atoms with Crippen molar-refractivity contribution in [2.45, 2.75) is 38.2 Å². The predicted molar refractivity (Wildman–Crippen MR) is 117 cm³/mol. The second kappa shape index (κ2) is 9.79. The zero-order chi connectivity index (χ0) is 21.7. The molecular weight excluding hydrogens is 397 g/mol. The van der Waals surface area contributed by atoms with Crippen LogP contribution in [0.5, 0.6) is 5.75 Å². The Hall–Kier alpha value is -2.44. The Morgan fingerprint density at radius 3 is 2.71 bits per heavy atom. The largest absolute Gasteiger partial charge is 0.496 e. The van der Waals surface area contributed by atoms with Crippen molar-refractivity contribution in [3.05, 3.63) is 53.8 Å². The summed E-state index contributed by atoms with van der Waals surface area (Å²) in [7, 11) is 1.58. The van der Waals surface area contributed by atoms with Crippen molar-refractivity contribution in [1.29, 1.82) is 0 Å². The minimum atomic E-state index is -0.562. The topological polar surface area (TPSA) is 56.8 Å². The maximum absolute atomic E-state index is 14.1. The van der Waals surface area contributed by atoms with Crippen LogP contribution in [0.4, 0.5) is 4.39 Å².